The summed E-state index contributed by atoms with van der Waals surface area (Å²) in [6.07, 6.45) is 4.30. The molecule has 1 aliphatic rings. The average Bonchev–Trinajstić information content (AvgIpc) is 3.14. The minimum absolute atomic E-state index is 0.0313. The Morgan fingerprint density at radius 2 is 2.14 bits per heavy atom. The lowest BCUT2D eigenvalue weighted by Crippen LogP contribution is -2.05. The summed E-state index contributed by atoms with van der Waals surface area (Å²) in [7, 11) is 0. The number of aromatic nitrogens is 3. The van der Waals surface area contributed by atoms with Crippen LogP contribution >= 0.6 is 15.9 Å². The Morgan fingerprint density at radius 1 is 1.24 bits per heavy atom. The zero-order valence-corrected chi connectivity index (χ0v) is 12.5. The quantitative estimate of drug-likeness (QED) is 0.770. The van der Waals surface area contributed by atoms with Crippen LogP contribution in [0.15, 0.2) is 51.7 Å². The van der Waals surface area contributed by atoms with Crippen molar-refractivity contribution in [2.24, 2.45) is 0 Å². The van der Waals surface area contributed by atoms with Gasteiger partial charge in [-0.1, -0.05) is 23.4 Å². The lowest BCUT2D eigenvalue weighted by molar-refractivity contribution is 0.364. The van der Waals surface area contributed by atoms with Crippen LogP contribution in [0.4, 0.5) is 5.69 Å². The molecule has 104 valence electrons. The van der Waals surface area contributed by atoms with Crippen LogP contribution in [0, 0.1) is 0 Å². The van der Waals surface area contributed by atoms with Crippen LogP contribution in [-0.2, 0) is 6.42 Å². The predicted octanol–water partition coefficient (Wildman–Crippen LogP) is 3.60. The number of hydrogen-bond acceptors (Lipinski definition) is 5. The molecule has 1 unspecified atom stereocenters. The van der Waals surface area contributed by atoms with Gasteiger partial charge in [0.05, 0.1) is 0 Å². The van der Waals surface area contributed by atoms with Crippen LogP contribution in [0.5, 0.6) is 0 Å². The first-order chi connectivity index (χ1) is 10.3. The number of benzene rings is 1. The van der Waals surface area contributed by atoms with Crippen molar-refractivity contribution in [2.45, 2.75) is 12.5 Å². The summed E-state index contributed by atoms with van der Waals surface area (Å²) in [4.78, 5) is 8.60. The number of nitrogens with one attached hydrogen (secondary N) is 1. The number of anilines is 1. The fourth-order valence-corrected chi connectivity index (χ4v) is 2.84. The molecule has 0 radical (unpaired) electrons. The molecule has 0 fully saturated rings. The molecule has 1 N–H and O–H groups in total. The predicted molar refractivity (Wildman–Crippen MR) is 81.7 cm³/mol. The second-order valence-electron chi connectivity index (χ2n) is 4.91. The normalized spacial score (nSPS) is 16.5. The Bertz CT molecular complexity index is 777. The van der Waals surface area contributed by atoms with Crippen LogP contribution in [-0.4, -0.2) is 15.1 Å². The molecule has 1 aliphatic heterocycles. The molecule has 21 heavy (non-hydrogen) atoms. The Hall–Kier alpha value is -2.21. The number of fused-ring (bicyclic) bond motifs is 1. The molecule has 1 atom stereocenters. The van der Waals surface area contributed by atoms with Gasteiger partial charge >= 0.3 is 0 Å². The summed E-state index contributed by atoms with van der Waals surface area (Å²) in [5.74, 6) is 1.15. The van der Waals surface area contributed by atoms with Crippen molar-refractivity contribution in [3.8, 4) is 11.4 Å². The van der Waals surface area contributed by atoms with E-state index in [0.717, 1.165) is 22.1 Å². The van der Waals surface area contributed by atoms with Gasteiger partial charge in [-0.15, -0.1) is 0 Å². The molecule has 0 spiro atoms. The van der Waals surface area contributed by atoms with E-state index < -0.39 is 0 Å². The van der Waals surface area contributed by atoms with Gasteiger partial charge in [0.2, 0.25) is 11.7 Å². The summed E-state index contributed by atoms with van der Waals surface area (Å²) in [6.45, 7) is 0. The van der Waals surface area contributed by atoms with Gasteiger partial charge in [-0.2, -0.15) is 4.98 Å². The fraction of sp³-hybridized carbons (Fsp3) is 0.133. The third-order valence-corrected chi connectivity index (χ3v) is 3.91. The van der Waals surface area contributed by atoms with Crippen molar-refractivity contribution >= 4 is 21.6 Å². The third-order valence-electron chi connectivity index (χ3n) is 3.47. The third kappa shape index (κ3) is 2.31. The number of rotatable bonds is 2. The molecular formula is C15H11BrN4O. The van der Waals surface area contributed by atoms with Crippen LogP contribution in [0.25, 0.3) is 11.4 Å². The highest BCUT2D eigenvalue weighted by Crippen LogP contribution is 2.33. The molecule has 0 aliphatic carbocycles. The van der Waals surface area contributed by atoms with E-state index in [0.29, 0.717) is 11.7 Å². The fourth-order valence-electron chi connectivity index (χ4n) is 2.47. The van der Waals surface area contributed by atoms with Crippen molar-refractivity contribution in [1.82, 2.24) is 15.1 Å². The van der Waals surface area contributed by atoms with Gasteiger partial charge in [-0.05, 0) is 33.6 Å². The van der Waals surface area contributed by atoms with E-state index >= 15 is 0 Å². The van der Waals surface area contributed by atoms with Gasteiger partial charge in [0.15, 0.2) is 0 Å². The van der Waals surface area contributed by atoms with E-state index in [4.69, 9.17) is 4.52 Å². The molecule has 3 aromatic rings. The molecule has 5 nitrogen and oxygen atoms in total. The first-order valence-corrected chi connectivity index (χ1v) is 7.38. The van der Waals surface area contributed by atoms with Gasteiger partial charge in [-0.3, -0.25) is 4.98 Å². The van der Waals surface area contributed by atoms with Gasteiger partial charge in [0, 0.05) is 34.5 Å². The van der Waals surface area contributed by atoms with Gasteiger partial charge in [0.25, 0.3) is 0 Å². The van der Waals surface area contributed by atoms with Crippen molar-refractivity contribution < 1.29 is 4.52 Å². The molecular weight excluding hydrogens is 332 g/mol. The molecule has 0 saturated heterocycles. The summed E-state index contributed by atoms with van der Waals surface area (Å²) in [5.41, 5.74) is 3.23. The summed E-state index contributed by atoms with van der Waals surface area (Å²) in [5, 5.41) is 7.45. The highest BCUT2D eigenvalue weighted by molar-refractivity contribution is 9.10. The number of halogens is 1. The zero-order valence-electron chi connectivity index (χ0n) is 11.0. The molecule has 0 amide bonds. The van der Waals surface area contributed by atoms with Crippen molar-refractivity contribution in [2.75, 3.05) is 5.32 Å². The standard InChI is InChI=1S/C15H11BrN4O/c16-11-5-10(7-17-8-11)14-19-15(21-20-14)13-6-9-3-1-2-4-12(9)18-13/h1-5,7-8,13,18H,6H2. The smallest absolute Gasteiger partial charge is 0.249 e. The van der Waals surface area contributed by atoms with E-state index in [1.165, 1.54) is 5.56 Å². The first-order valence-electron chi connectivity index (χ1n) is 6.58. The molecule has 0 saturated carbocycles. The number of nitrogens with zero attached hydrogens (tertiary/aromatic N) is 3. The van der Waals surface area contributed by atoms with Crippen molar-refractivity contribution in [3.05, 3.63) is 58.7 Å². The SMILES string of the molecule is Brc1cncc(-c2noc(C3Cc4ccccc4N3)n2)c1. The molecule has 2 aromatic heterocycles. The van der Waals surface area contributed by atoms with Crippen LogP contribution in [0.1, 0.15) is 17.5 Å². The largest absolute Gasteiger partial charge is 0.373 e. The number of hydrogen-bond donors (Lipinski definition) is 1. The number of pyridine rings is 1. The van der Waals surface area contributed by atoms with Crippen molar-refractivity contribution in [1.29, 1.82) is 0 Å². The molecule has 0 bridgehead atoms. The molecule has 3 heterocycles. The van der Waals surface area contributed by atoms with E-state index in [1.54, 1.807) is 12.4 Å². The van der Waals surface area contributed by atoms with E-state index in [1.807, 2.05) is 18.2 Å². The molecule has 4 rings (SSSR count). The lowest BCUT2D eigenvalue weighted by Gasteiger charge is -2.04. The van der Waals surface area contributed by atoms with Crippen LogP contribution in [0.3, 0.4) is 0 Å². The Kier molecular flexibility index (Phi) is 2.96. The second-order valence-corrected chi connectivity index (χ2v) is 5.82. The maximum Gasteiger partial charge on any atom is 0.249 e. The Morgan fingerprint density at radius 3 is 3.00 bits per heavy atom. The lowest BCUT2D eigenvalue weighted by atomic mass is 10.1. The second kappa shape index (κ2) is 4.96. The minimum Gasteiger partial charge on any atom is -0.373 e. The maximum atomic E-state index is 5.41. The van der Waals surface area contributed by atoms with Crippen LogP contribution < -0.4 is 5.32 Å². The first kappa shape index (κ1) is 12.5. The highest BCUT2D eigenvalue weighted by Gasteiger charge is 2.26. The Labute approximate surface area is 129 Å². The Balaban J connectivity index is 1.62. The number of para-hydroxylation sites is 1. The minimum atomic E-state index is 0.0313. The van der Waals surface area contributed by atoms with Gasteiger partial charge < -0.3 is 9.84 Å². The summed E-state index contributed by atoms with van der Waals surface area (Å²) >= 11 is 3.39. The molecule has 1 aromatic carbocycles. The van der Waals surface area contributed by atoms with E-state index in [-0.39, 0.29) is 6.04 Å². The van der Waals surface area contributed by atoms with E-state index in [9.17, 15) is 0 Å². The van der Waals surface area contributed by atoms with Gasteiger partial charge in [0.1, 0.15) is 6.04 Å². The zero-order chi connectivity index (χ0) is 14.2. The maximum absolute atomic E-state index is 5.41. The van der Waals surface area contributed by atoms with Crippen molar-refractivity contribution in [3.63, 3.8) is 0 Å². The summed E-state index contributed by atoms with van der Waals surface area (Å²) in [6, 6.07) is 10.2. The average molecular weight is 343 g/mol. The van der Waals surface area contributed by atoms with Gasteiger partial charge in [-0.25, -0.2) is 0 Å². The summed E-state index contributed by atoms with van der Waals surface area (Å²) < 4.78 is 6.29. The highest BCUT2D eigenvalue weighted by atomic mass is 79.9. The van der Waals surface area contributed by atoms with E-state index in [2.05, 4.69) is 48.5 Å². The monoisotopic (exact) mass is 342 g/mol. The van der Waals surface area contributed by atoms with Crippen LogP contribution in [0.2, 0.25) is 0 Å². The topological polar surface area (TPSA) is 63.8 Å². The molecule has 6 heteroatoms.